The fourth-order valence-electron chi connectivity index (χ4n) is 2.63. The van der Waals surface area contributed by atoms with E-state index < -0.39 is 5.41 Å². The second-order valence-electron chi connectivity index (χ2n) is 6.01. The molecular formula is C19H20N2O3. The van der Waals surface area contributed by atoms with Crippen LogP contribution in [0.4, 0.5) is 11.4 Å². The molecule has 0 atom stereocenters. The molecular weight excluding hydrogens is 304 g/mol. The highest BCUT2D eigenvalue weighted by Crippen LogP contribution is 2.48. The van der Waals surface area contributed by atoms with Gasteiger partial charge in [0, 0.05) is 5.69 Å². The van der Waals surface area contributed by atoms with Crippen LogP contribution in [0.15, 0.2) is 48.5 Å². The van der Waals surface area contributed by atoms with Crippen LogP contribution >= 0.6 is 0 Å². The second kappa shape index (κ2) is 6.35. The lowest BCUT2D eigenvalue weighted by Crippen LogP contribution is -2.35. The number of aryl methyl sites for hydroxylation is 1. The Morgan fingerprint density at radius 2 is 1.46 bits per heavy atom. The molecule has 2 aromatic rings. The third-order valence-corrected chi connectivity index (χ3v) is 4.37. The number of para-hydroxylation sites is 3. The molecule has 1 fully saturated rings. The molecule has 0 heterocycles. The van der Waals surface area contributed by atoms with Crippen LogP contribution < -0.4 is 15.4 Å². The highest BCUT2D eigenvalue weighted by Gasteiger charge is 2.56. The minimum absolute atomic E-state index is 0.260. The fraction of sp³-hybridized carbons (Fsp3) is 0.263. The van der Waals surface area contributed by atoms with E-state index in [0.29, 0.717) is 24.3 Å². The number of carbonyl (C=O) groups excluding carboxylic acids is 2. The smallest absolute Gasteiger partial charge is 0.240 e. The lowest BCUT2D eigenvalue weighted by molar-refractivity contribution is -0.131. The Balaban J connectivity index is 1.74. The first-order valence-corrected chi connectivity index (χ1v) is 7.88. The van der Waals surface area contributed by atoms with Gasteiger partial charge in [-0.25, -0.2) is 0 Å². The number of methoxy groups -OCH3 is 1. The Kier molecular flexibility index (Phi) is 4.25. The monoisotopic (exact) mass is 324 g/mol. The molecule has 0 bridgehead atoms. The maximum atomic E-state index is 12.7. The summed E-state index contributed by atoms with van der Waals surface area (Å²) < 4.78 is 5.24. The maximum Gasteiger partial charge on any atom is 0.240 e. The number of hydrogen-bond acceptors (Lipinski definition) is 3. The van der Waals surface area contributed by atoms with Gasteiger partial charge in [-0.3, -0.25) is 9.59 Å². The molecule has 24 heavy (non-hydrogen) atoms. The second-order valence-corrected chi connectivity index (χ2v) is 6.01. The normalized spacial score (nSPS) is 14.6. The number of anilines is 2. The summed E-state index contributed by atoms with van der Waals surface area (Å²) in [5.41, 5.74) is 1.27. The topological polar surface area (TPSA) is 67.4 Å². The average Bonchev–Trinajstić information content (AvgIpc) is 3.39. The molecule has 0 saturated heterocycles. The van der Waals surface area contributed by atoms with Crippen LogP contribution in [0, 0.1) is 12.3 Å². The van der Waals surface area contributed by atoms with Crippen LogP contribution in [0.5, 0.6) is 5.75 Å². The van der Waals surface area contributed by atoms with E-state index in [1.54, 1.807) is 19.2 Å². The number of amides is 2. The van der Waals surface area contributed by atoms with Crippen molar-refractivity contribution in [1.82, 2.24) is 0 Å². The molecule has 124 valence electrons. The summed E-state index contributed by atoms with van der Waals surface area (Å²) in [6.07, 6.45) is 1.09. The van der Waals surface area contributed by atoms with Crippen molar-refractivity contribution in [1.29, 1.82) is 0 Å². The molecule has 1 aliphatic rings. The van der Waals surface area contributed by atoms with Gasteiger partial charge in [0.15, 0.2) is 0 Å². The van der Waals surface area contributed by atoms with Crippen molar-refractivity contribution < 1.29 is 14.3 Å². The molecule has 5 nitrogen and oxygen atoms in total. The first-order chi connectivity index (χ1) is 11.6. The lowest BCUT2D eigenvalue weighted by Gasteiger charge is -2.17. The zero-order valence-electron chi connectivity index (χ0n) is 13.8. The van der Waals surface area contributed by atoms with Crippen molar-refractivity contribution in [3.63, 3.8) is 0 Å². The van der Waals surface area contributed by atoms with Gasteiger partial charge in [0.05, 0.1) is 12.8 Å². The van der Waals surface area contributed by atoms with Gasteiger partial charge in [0.2, 0.25) is 11.8 Å². The highest BCUT2D eigenvalue weighted by atomic mass is 16.5. The van der Waals surface area contributed by atoms with Crippen LogP contribution in [0.3, 0.4) is 0 Å². The third kappa shape index (κ3) is 2.97. The van der Waals surface area contributed by atoms with E-state index in [2.05, 4.69) is 10.6 Å². The van der Waals surface area contributed by atoms with E-state index >= 15 is 0 Å². The average molecular weight is 324 g/mol. The van der Waals surface area contributed by atoms with Gasteiger partial charge in [-0.1, -0.05) is 30.3 Å². The Morgan fingerprint density at radius 1 is 0.917 bits per heavy atom. The Morgan fingerprint density at radius 3 is 2.04 bits per heavy atom. The van der Waals surface area contributed by atoms with Crippen LogP contribution in [0.1, 0.15) is 18.4 Å². The van der Waals surface area contributed by atoms with Gasteiger partial charge in [0.25, 0.3) is 0 Å². The molecule has 0 unspecified atom stereocenters. The SMILES string of the molecule is COc1ccccc1NC(=O)C1(C(=O)Nc2ccccc2C)CC1. The molecule has 0 aliphatic heterocycles. The van der Waals surface area contributed by atoms with Gasteiger partial charge in [-0.2, -0.15) is 0 Å². The van der Waals surface area contributed by atoms with Gasteiger partial charge in [-0.15, -0.1) is 0 Å². The summed E-state index contributed by atoms with van der Waals surface area (Å²) in [4.78, 5) is 25.3. The zero-order valence-corrected chi connectivity index (χ0v) is 13.8. The molecule has 1 aliphatic carbocycles. The molecule has 1 saturated carbocycles. The van der Waals surface area contributed by atoms with Crippen LogP contribution in [-0.4, -0.2) is 18.9 Å². The fourth-order valence-corrected chi connectivity index (χ4v) is 2.63. The molecule has 5 heteroatoms. The third-order valence-electron chi connectivity index (χ3n) is 4.37. The lowest BCUT2D eigenvalue weighted by atomic mass is 10.0. The molecule has 2 N–H and O–H groups in total. The van der Waals surface area contributed by atoms with E-state index in [0.717, 1.165) is 11.3 Å². The van der Waals surface area contributed by atoms with Crippen LogP contribution in [0.25, 0.3) is 0 Å². The highest BCUT2D eigenvalue weighted by molar-refractivity contribution is 6.17. The Hall–Kier alpha value is -2.82. The van der Waals surface area contributed by atoms with Crippen molar-refractivity contribution in [3.8, 4) is 5.75 Å². The van der Waals surface area contributed by atoms with E-state index in [-0.39, 0.29) is 11.8 Å². The largest absolute Gasteiger partial charge is 0.495 e. The van der Waals surface area contributed by atoms with Crippen LogP contribution in [-0.2, 0) is 9.59 Å². The molecule has 3 rings (SSSR count). The minimum atomic E-state index is -0.997. The standard InChI is InChI=1S/C19H20N2O3/c1-13-7-3-4-8-14(13)20-17(22)19(11-12-19)18(23)21-15-9-5-6-10-16(15)24-2/h3-10H,11-12H2,1-2H3,(H,20,22)(H,21,23). The summed E-state index contributed by atoms with van der Waals surface area (Å²) >= 11 is 0. The maximum absolute atomic E-state index is 12.7. The molecule has 2 aromatic carbocycles. The molecule has 0 radical (unpaired) electrons. The number of carbonyl (C=O) groups is 2. The number of rotatable bonds is 5. The van der Waals surface area contributed by atoms with Gasteiger partial charge < -0.3 is 15.4 Å². The molecule has 2 amide bonds. The predicted molar refractivity (Wildman–Crippen MR) is 93.1 cm³/mol. The molecule has 0 aromatic heterocycles. The van der Waals surface area contributed by atoms with Crippen molar-refractivity contribution in [2.24, 2.45) is 5.41 Å². The minimum Gasteiger partial charge on any atom is -0.495 e. The summed E-state index contributed by atoms with van der Waals surface area (Å²) in [7, 11) is 1.54. The quantitative estimate of drug-likeness (QED) is 0.829. The van der Waals surface area contributed by atoms with Crippen molar-refractivity contribution >= 4 is 23.2 Å². The van der Waals surface area contributed by atoms with Gasteiger partial charge in [-0.05, 0) is 43.5 Å². The first kappa shape index (κ1) is 16.1. The van der Waals surface area contributed by atoms with Crippen LogP contribution in [0.2, 0.25) is 0 Å². The Bertz CT molecular complexity index is 782. The number of hydrogen-bond donors (Lipinski definition) is 2. The summed E-state index contributed by atoms with van der Waals surface area (Å²) in [6.45, 7) is 1.92. The summed E-state index contributed by atoms with van der Waals surface area (Å²) in [6, 6.07) is 14.7. The summed E-state index contributed by atoms with van der Waals surface area (Å²) in [5, 5.41) is 5.70. The van der Waals surface area contributed by atoms with E-state index in [4.69, 9.17) is 4.74 Å². The molecule has 0 spiro atoms. The van der Waals surface area contributed by atoms with E-state index in [9.17, 15) is 9.59 Å². The number of nitrogens with one attached hydrogen (secondary N) is 2. The summed E-state index contributed by atoms with van der Waals surface area (Å²) in [5.74, 6) is 0.0169. The number of ether oxygens (including phenoxy) is 1. The number of benzene rings is 2. The van der Waals surface area contributed by atoms with Gasteiger partial charge >= 0.3 is 0 Å². The Labute approximate surface area is 141 Å². The predicted octanol–water partition coefficient (Wildman–Crippen LogP) is 3.36. The van der Waals surface area contributed by atoms with E-state index in [1.165, 1.54) is 0 Å². The van der Waals surface area contributed by atoms with Gasteiger partial charge in [0.1, 0.15) is 11.2 Å². The van der Waals surface area contributed by atoms with Crippen molar-refractivity contribution in [2.45, 2.75) is 19.8 Å². The first-order valence-electron chi connectivity index (χ1n) is 7.88. The van der Waals surface area contributed by atoms with Crippen molar-refractivity contribution in [3.05, 3.63) is 54.1 Å². The van der Waals surface area contributed by atoms with Crippen molar-refractivity contribution in [2.75, 3.05) is 17.7 Å². The van der Waals surface area contributed by atoms with E-state index in [1.807, 2.05) is 43.3 Å². The zero-order chi connectivity index (χ0) is 17.2.